The van der Waals surface area contributed by atoms with E-state index in [9.17, 15) is 4.79 Å². The Morgan fingerprint density at radius 2 is 2.07 bits per heavy atom. The smallest absolute Gasteiger partial charge is 0.142 e. The molecule has 2 fully saturated rings. The highest BCUT2D eigenvalue weighted by molar-refractivity contribution is 5.66. The first-order chi connectivity index (χ1) is 13.7. The van der Waals surface area contributed by atoms with Gasteiger partial charge in [0.05, 0.1) is 6.04 Å². The normalized spacial score (nSPS) is 23.1. The quantitative estimate of drug-likeness (QED) is 0.721. The van der Waals surface area contributed by atoms with Crippen LogP contribution in [0.2, 0.25) is 0 Å². The Hall–Kier alpha value is -2.27. The van der Waals surface area contributed by atoms with Gasteiger partial charge in [-0.05, 0) is 69.3 Å². The fourth-order valence-corrected chi connectivity index (χ4v) is 4.59. The predicted octanol–water partition coefficient (Wildman–Crippen LogP) is 3.37. The molecule has 148 valence electrons. The van der Waals surface area contributed by atoms with Crippen LogP contribution in [0.1, 0.15) is 48.6 Å². The third-order valence-corrected chi connectivity index (χ3v) is 6.14. The van der Waals surface area contributed by atoms with Crippen LogP contribution in [0.25, 0.3) is 0 Å². The van der Waals surface area contributed by atoms with Gasteiger partial charge in [0.1, 0.15) is 12.1 Å². The number of aromatic nitrogens is 2. The number of carbonyl (C=O) groups excluding carboxylic acids is 1. The maximum atomic E-state index is 11.5. The van der Waals surface area contributed by atoms with Gasteiger partial charge in [0.25, 0.3) is 0 Å². The third-order valence-electron chi connectivity index (χ3n) is 6.14. The number of likely N-dealkylation sites (tertiary alicyclic amines) is 1. The number of aryl methyl sites for hydroxylation is 1. The average molecular weight is 379 g/mol. The first-order valence-corrected chi connectivity index (χ1v) is 10.6. The van der Waals surface area contributed by atoms with Gasteiger partial charge in [0.15, 0.2) is 0 Å². The zero-order chi connectivity index (χ0) is 19.3. The second-order valence-electron chi connectivity index (χ2n) is 8.12. The topological polar surface area (TPSA) is 49.3 Å². The summed E-state index contributed by atoms with van der Waals surface area (Å²) in [6.07, 6.45) is 8.30. The fraction of sp³-hybridized carbons (Fsp3) is 0.522. The summed E-state index contributed by atoms with van der Waals surface area (Å²) < 4.78 is 0. The zero-order valence-electron chi connectivity index (χ0n) is 16.8. The van der Waals surface area contributed by atoms with Crippen molar-refractivity contribution >= 4 is 12.1 Å². The van der Waals surface area contributed by atoms with Gasteiger partial charge < -0.3 is 14.6 Å². The van der Waals surface area contributed by atoms with Crippen molar-refractivity contribution in [2.24, 2.45) is 0 Å². The van der Waals surface area contributed by atoms with Gasteiger partial charge in [-0.2, -0.15) is 0 Å². The van der Waals surface area contributed by atoms with Crippen molar-refractivity contribution in [3.05, 3.63) is 53.5 Å². The standard InChI is InChI=1S/C23H30N4O/c1-18-6-4-9-22(25-18)20-11-15-26(16-20)14-10-19-7-5-12-24-23(19)27-13-3-2-8-21(27)17-28/h4-7,9,12,17,20-21H,2-3,8,10-11,13-16H2,1H3. The highest BCUT2D eigenvalue weighted by Crippen LogP contribution is 2.28. The van der Waals surface area contributed by atoms with Crippen LogP contribution < -0.4 is 4.90 Å². The molecule has 2 unspecified atom stereocenters. The number of pyridine rings is 2. The number of nitrogens with zero attached hydrogens (tertiary/aromatic N) is 4. The van der Waals surface area contributed by atoms with Crippen LogP contribution in [0.3, 0.4) is 0 Å². The van der Waals surface area contributed by atoms with Crippen LogP contribution in [0.5, 0.6) is 0 Å². The second kappa shape index (κ2) is 8.82. The largest absolute Gasteiger partial charge is 0.347 e. The molecule has 0 bridgehead atoms. The molecule has 0 N–H and O–H groups in total. The highest BCUT2D eigenvalue weighted by atomic mass is 16.1. The van der Waals surface area contributed by atoms with E-state index in [1.807, 2.05) is 12.3 Å². The van der Waals surface area contributed by atoms with Crippen LogP contribution in [-0.4, -0.2) is 53.4 Å². The van der Waals surface area contributed by atoms with Gasteiger partial charge in [-0.15, -0.1) is 0 Å². The first-order valence-electron chi connectivity index (χ1n) is 10.6. The van der Waals surface area contributed by atoms with Crippen molar-refractivity contribution in [1.82, 2.24) is 14.9 Å². The molecule has 2 aliphatic heterocycles. The monoisotopic (exact) mass is 378 g/mol. The molecular formula is C23H30N4O. The van der Waals surface area contributed by atoms with Crippen LogP contribution in [0.15, 0.2) is 36.5 Å². The van der Waals surface area contributed by atoms with Gasteiger partial charge in [0.2, 0.25) is 0 Å². The molecule has 4 rings (SSSR count). The summed E-state index contributed by atoms with van der Waals surface area (Å²) in [4.78, 5) is 25.7. The second-order valence-corrected chi connectivity index (χ2v) is 8.12. The molecule has 0 aliphatic carbocycles. The van der Waals surface area contributed by atoms with Crippen molar-refractivity contribution in [2.75, 3.05) is 31.1 Å². The number of hydrogen-bond acceptors (Lipinski definition) is 5. The molecule has 0 radical (unpaired) electrons. The number of anilines is 1. The number of hydrogen-bond donors (Lipinski definition) is 0. The fourth-order valence-electron chi connectivity index (χ4n) is 4.59. The average Bonchev–Trinajstić information content (AvgIpc) is 3.21. The molecule has 2 aliphatic rings. The van der Waals surface area contributed by atoms with E-state index < -0.39 is 0 Å². The maximum absolute atomic E-state index is 11.5. The number of piperidine rings is 1. The lowest BCUT2D eigenvalue weighted by molar-refractivity contribution is -0.109. The molecule has 2 atom stereocenters. The molecule has 28 heavy (non-hydrogen) atoms. The third kappa shape index (κ3) is 4.25. The summed E-state index contributed by atoms with van der Waals surface area (Å²) in [6, 6.07) is 10.5. The van der Waals surface area contributed by atoms with E-state index in [1.54, 1.807) is 0 Å². The SMILES string of the molecule is Cc1cccc(C2CCN(CCc3cccnc3N3CCCCC3C=O)C2)n1. The van der Waals surface area contributed by atoms with Crippen LogP contribution >= 0.6 is 0 Å². The molecule has 0 amide bonds. The lowest BCUT2D eigenvalue weighted by Crippen LogP contribution is -2.41. The van der Waals surface area contributed by atoms with E-state index in [-0.39, 0.29) is 6.04 Å². The Bertz CT molecular complexity index is 809. The van der Waals surface area contributed by atoms with Gasteiger partial charge in [-0.25, -0.2) is 4.98 Å². The van der Waals surface area contributed by atoms with Gasteiger partial charge in [-0.1, -0.05) is 12.1 Å². The summed E-state index contributed by atoms with van der Waals surface area (Å²) in [5, 5.41) is 0. The molecule has 0 aromatic carbocycles. The van der Waals surface area contributed by atoms with Gasteiger partial charge in [0, 0.05) is 43.1 Å². The van der Waals surface area contributed by atoms with E-state index >= 15 is 0 Å². The molecule has 0 saturated carbocycles. The molecular weight excluding hydrogens is 348 g/mol. The van der Waals surface area contributed by atoms with Crippen molar-refractivity contribution in [3.63, 3.8) is 0 Å². The first kappa shape index (κ1) is 19.1. The molecule has 2 saturated heterocycles. The van der Waals surface area contributed by atoms with E-state index in [0.717, 1.165) is 69.7 Å². The lowest BCUT2D eigenvalue weighted by Gasteiger charge is -2.34. The summed E-state index contributed by atoms with van der Waals surface area (Å²) in [5.74, 6) is 1.55. The van der Waals surface area contributed by atoms with Gasteiger partial charge in [-0.3, -0.25) is 4.98 Å². The Kier molecular flexibility index (Phi) is 6.01. The molecule has 2 aromatic rings. The van der Waals surface area contributed by atoms with E-state index in [1.165, 1.54) is 17.7 Å². The minimum absolute atomic E-state index is 0.0223. The summed E-state index contributed by atoms with van der Waals surface area (Å²) in [6.45, 7) is 6.22. The summed E-state index contributed by atoms with van der Waals surface area (Å²) >= 11 is 0. The summed E-state index contributed by atoms with van der Waals surface area (Å²) in [5.41, 5.74) is 3.59. The Balaban J connectivity index is 1.40. The molecule has 5 heteroatoms. The zero-order valence-corrected chi connectivity index (χ0v) is 16.8. The Morgan fingerprint density at radius 1 is 1.14 bits per heavy atom. The van der Waals surface area contributed by atoms with Crippen molar-refractivity contribution in [2.45, 2.75) is 51.0 Å². The van der Waals surface area contributed by atoms with E-state index in [0.29, 0.717) is 5.92 Å². The van der Waals surface area contributed by atoms with Crippen LogP contribution in [-0.2, 0) is 11.2 Å². The molecule has 4 heterocycles. The maximum Gasteiger partial charge on any atom is 0.142 e. The minimum atomic E-state index is -0.0223. The van der Waals surface area contributed by atoms with Crippen LogP contribution in [0, 0.1) is 6.92 Å². The number of aldehydes is 1. The Morgan fingerprint density at radius 3 is 2.93 bits per heavy atom. The van der Waals surface area contributed by atoms with Crippen molar-refractivity contribution < 1.29 is 4.79 Å². The van der Waals surface area contributed by atoms with Crippen LogP contribution in [0.4, 0.5) is 5.82 Å². The number of carbonyl (C=O) groups is 1. The van der Waals surface area contributed by atoms with Crippen molar-refractivity contribution in [1.29, 1.82) is 0 Å². The molecule has 2 aromatic heterocycles. The predicted molar refractivity (Wildman–Crippen MR) is 112 cm³/mol. The summed E-state index contributed by atoms with van der Waals surface area (Å²) in [7, 11) is 0. The van der Waals surface area contributed by atoms with Gasteiger partial charge >= 0.3 is 0 Å². The lowest BCUT2D eigenvalue weighted by atomic mass is 10.0. The number of rotatable bonds is 6. The molecule has 5 nitrogen and oxygen atoms in total. The highest BCUT2D eigenvalue weighted by Gasteiger charge is 2.27. The van der Waals surface area contributed by atoms with E-state index in [2.05, 4.69) is 46.0 Å². The Labute approximate surface area is 167 Å². The van der Waals surface area contributed by atoms with Crippen molar-refractivity contribution in [3.8, 4) is 0 Å². The minimum Gasteiger partial charge on any atom is -0.347 e. The van der Waals surface area contributed by atoms with E-state index in [4.69, 9.17) is 4.98 Å². The molecule has 0 spiro atoms.